The van der Waals surface area contributed by atoms with Crippen molar-refractivity contribution in [3.05, 3.63) is 58.4 Å². The molecule has 1 aliphatic carbocycles. The van der Waals surface area contributed by atoms with Crippen molar-refractivity contribution in [3.63, 3.8) is 0 Å². The maximum Gasteiger partial charge on any atom is 0.253 e. The van der Waals surface area contributed by atoms with E-state index in [1.165, 1.54) is 32.1 Å². The van der Waals surface area contributed by atoms with Crippen LogP contribution >= 0.6 is 0 Å². The smallest absolute Gasteiger partial charge is 0.253 e. The Hall–Kier alpha value is -2.12. The van der Waals surface area contributed by atoms with Crippen molar-refractivity contribution in [1.82, 2.24) is 14.6 Å². The number of sulfonamides is 1. The number of aromatic nitrogens is 1. The largest absolute Gasteiger partial charge is 0.348 e. The van der Waals surface area contributed by atoms with Gasteiger partial charge in [-0.15, -0.1) is 0 Å². The number of nitrogens with one attached hydrogen (secondary N) is 2. The first-order valence-corrected chi connectivity index (χ1v) is 12.9. The molecule has 1 saturated carbocycles. The van der Waals surface area contributed by atoms with Crippen LogP contribution in [0.4, 0.5) is 0 Å². The molecule has 2 aromatic rings. The number of rotatable bonds is 8. The van der Waals surface area contributed by atoms with Gasteiger partial charge in [0.05, 0.1) is 11.3 Å². The van der Waals surface area contributed by atoms with Gasteiger partial charge in [0.25, 0.3) is 5.91 Å². The number of carbonyl (C=O) groups excluding carboxylic acids is 1. The third-order valence-electron chi connectivity index (χ3n) is 5.92. The van der Waals surface area contributed by atoms with E-state index in [-0.39, 0.29) is 17.7 Å². The van der Waals surface area contributed by atoms with Gasteiger partial charge in [0.1, 0.15) is 0 Å². The van der Waals surface area contributed by atoms with Crippen molar-refractivity contribution >= 4 is 15.9 Å². The van der Waals surface area contributed by atoms with Crippen molar-refractivity contribution in [2.45, 2.75) is 84.2 Å². The molecule has 2 N–H and O–H groups in total. The zero-order valence-corrected chi connectivity index (χ0v) is 19.9. The van der Waals surface area contributed by atoms with E-state index in [9.17, 15) is 13.2 Å². The van der Waals surface area contributed by atoms with Crippen LogP contribution in [0.15, 0.2) is 30.3 Å². The highest BCUT2D eigenvalue weighted by Crippen LogP contribution is 2.32. The number of aryl methyl sites for hydroxylation is 1. The molecule has 0 unspecified atom stereocenters. The summed E-state index contributed by atoms with van der Waals surface area (Å²) >= 11 is 0. The monoisotopic (exact) mass is 445 g/mol. The predicted molar refractivity (Wildman–Crippen MR) is 125 cm³/mol. The van der Waals surface area contributed by atoms with E-state index in [1.807, 2.05) is 25.1 Å². The van der Waals surface area contributed by atoms with Gasteiger partial charge in [-0.05, 0) is 57.7 Å². The van der Waals surface area contributed by atoms with Crippen LogP contribution in [0, 0.1) is 13.8 Å². The molecule has 0 saturated heterocycles. The average Bonchev–Trinajstić information content (AvgIpc) is 3.00. The molecule has 3 rings (SSSR count). The highest BCUT2D eigenvalue weighted by atomic mass is 32.2. The number of benzene rings is 1. The van der Waals surface area contributed by atoms with Crippen LogP contribution in [0.25, 0.3) is 0 Å². The minimum Gasteiger partial charge on any atom is -0.348 e. The first-order valence-electron chi connectivity index (χ1n) is 11.2. The summed E-state index contributed by atoms with van der Waals surface area (Å²) in [4.78, 5) is 12.8. The summed E-state index contributed by atoms with van der Waals surface area (Å²) in [5.74, 6) is -0.117. The summed E-state index contributed by atoms with van der Waals surface area (Å²) in [6.07, 6.45) is 6.20. The lowest BCUT2D eigenvalue weighted by Crippen LogP contribution is -2.31. The molecule has 6 nitrogen and oxygen atoms in total. The molecule has 1 amide bonds. The molecular formula is C24H35N3O3S. The number of nitrogens with zero attached hydrogens (tertiary/aromatic N) is 1. The van der Waals surface area contributed by atoms with E-state index in [0.29, 0.717) is 12.6 Å². The Balaban J connectivity index is 1.61. The van der Waals surface area contributed by atoms with Crippen LogP contribution in [-0.4, -0.2) is 24.9 Å². The summed E-state index contributed by atoms with van der Waals surface area (Å²) in [6, 6.07) is 9.71. The van der Waals surface area contributed by atoms with Crippen LogP contribution in [0.5, 0.6) is 0 Å². The van der Waals surface area contributed by atoms with E-state index in [0.717, 1.165) is 28.1 Å². The van der Waals surface area contributed by atoms with Gasteiger partial charge in [0.15, 0.2) is 0 Å². The summed E-state index contributed by atoms with van der Waals surface area (Å²) < 4.78 is 29.1. The van der Waals surface area contributed by atoms with Crippen LogP contribution in [0.3, 0.4) is 0 Å². The molecule has 170 valence electrons. The molecule has 1 heterocycles. The first-order chi connectivity index (χ1) is 14.7. The highest BCUT2D eigenvalue weighted by molar-refractivity contribution is 7.88. The maximum absolute atomic E-state index is 12.8. The molecule has 0 atom stereocenters. The third-order valence-corrected chi connectivity index (χ3v) is 7.46. The Morgan fingerprint density at radius 3 is 2.29 bits per heavy atom. The molecule has 1 aromatic carbocycles. The average molecular weight is 446 g/mol. The van der Waals surface area contributed by atoms with Gasteiger partial charge in [-0.2, -0.15) is 0 Å². The first kappa shape index (κ1) is 23.5. The van der Waals surface area contributed by atoms with E-state index in [2.05, 4.69) is 21.5 Å². The molecule has 0 spiro atoms. The number of amides is 1. The topological polar surface area (TPSA) is 80.2 Å². The number of hydrogen-bond acceptors (Lipinski definition) is 3. The van der Waals surface area contributed by atoms with Gasteiger partial charge in [-0.3, -0.25) is 4.79 Å². The van der Waals surface area contributed by atoms with Gasteiger partial charge in [0.2, 0.25) is 10.0 Å². The standard InChI is InChI=1S/C24H35N3O3S/c1-17(2)26-31(29,30)16-21-12-10-20(11-13-21)15-25-24(28)23-14-18(3)27(19(23)4)22-8-6-5-7-9-22/h10-14,17,22,26H,5-9,15-16H2,1-4H3,(H,25,28). The van der Waals surface area contributed by atoms with Crippen molar-refractivity contribution in [2.24, 2.45) is 0 Å². The number of carbonyl (C=O) groups is 1. The Morgan fingerprint density at radius 1 is 1.06 bits per heavy atom. The fourth-order valence-electron chi connectivity index (χ4n) is 4.56. The maximum atomic E-state index is 12.8. The van der Waals surface area contributed by atoms with Crippen LogP contribution in [-0.2, 0) is 22.3 Å². The Kier molecular flexibility index (Phi) is 7.59. The zero-order valence-electron chi connectivity index (χ0n) is 19.1. The lowest BCUT2D eigenvalue weighted by Gasteiger charge is -2.26. The van der Waals surface area contributed by atoms with Crippen molar-refractivity contribution in [2.75, 3.05) is 0 Å². The van der Waals surface area contributed by atoms with Gasteiger partial charge in [-0.1, -0.05) is 43.5 Å². The zero-order chi connectivity index (χ0) is 22.6. The lowest BCUT2D eigenvalue weighted by molar-refractivity contribution is 0.0950. The van der Waals surface area contributed by atoms with E-state index >= 15 is 0 Å². The van der Waals surface area contributed by atoms with Gasteiger partial charge >= 0.3 is 0 Å². The quantitative estimate of drug-likeness (QED) is 0.633. The van der Waals surface area contributed by atoms with E-state index in [1.54, 1.807) is 26.0 Å². The molecule has 31 heavy (non-hydrogen) atoms. The molecule has 0 aliphatic heterocycles. The fraction of sp³-hybridized carbons (Fsp3) is 0.542. The van der Waals surface area contributed by atoms with Crippen LogP contribution < -0.4 is 10.0 Å². The van der Waals surface area contributed by atoms with Crippen LogP contribution in [0.2, 0.25) is 0 Å². The van der Waals surface area contributed by atoms with Gasteiger partial charge < -0.3 is 9.88 Å². The van der Waals surface area contributed by atoms with Crippen molar-refractivity contribution < 1.29 is 13.2 Å². The minimum absolute atomic E-state index is 0.0506. The van der Waals surface area contributed by atoms with Gasteiger partial charge in [-0.25, -0.2) is 13.1 Å². The minimum atomic E-state index is -3.35. The van der Waals surface area contributed by atoms with Gasteiger partial charge in [0, 0.05) is 30.0 Å². The normalized spacial score (nSPS) is 15.4. The van der Waals surface area contributed by atoms with E-state index in [4.69, 9.17) is 0 Å². The molecule has 7 heteroatoms. The summed E-state index contributed by atoms with van der Waals surface area (Å²) in [6.45, 7) is 8.13. The van der Waals surface area contributed by atoms with E-state index < -0.39 is 10.0 Å². The SMILES string of the molecule is Cc1cc(C(=O)NCc2ccc(CS(=O)(=O)NC(C)C)cc2)c(C)n1C1CCCCC1. The summed E-state index contributed by atoms with van der Waals surface area (Å²) in [7, 11) is -3.35. The second-order valence-corrected chi connectivity index (χ2v) is 10.7. The van der Waals surface area contributed by atoms with Crippen molar-refractivity contribution in [1.29, 1.82) is 0 Å². The molecule has 1 aromatic heterocycles. The summed E-state index contributed by atoms with van der Waals surface area (Å²) in [5.41, 5.74) is 4.59. The Morgan fingerprint density at radius 2 is 1.68 bits per heavy atom. The van der Waals surface area contributed by atoms with Crippen LogP contribution in [0.1, 0.15) is 84.9 Å². The highest BCUT2D eigenvalue weighted by Gasteiger charge is 2.22. The lowest BCUT2D eigenvalue weighted by atomic mass is 9.95. The predicted octanol–water partition coefficient (Wildman–Crippen LogP) is 4.37. The molecule has 0 bridgehead atoms. The molecule has 1 fully saturated rings. The number of hydrogen-bond donors (Lipinski definition) is 2. The second-order valence-electron chi connectivity index (χ2n) is 8.98. The Labute approximate surface area is 186 Å². The van der Waals surface area contributed by atoms with Crippen molar-refractivity contribution in [3.8, 4) is 0 Å². The molecular weight excluding hydrogens is 410 g/mol. The summed E-state index contributed by atoms with van der Waals surface area (Å²) in [5, 5.41) is 3.01. The Bertz CT molecular complexity index is 1000. The second kappa shape index (κ2) is 10.0. The fourth-order valence-corrected chi connectivity index (χ4v) is 5.99. The molecule has 1 aliphatic rings. The molecule has 0 radical (unpaired) electrons. The third kappa shape index (κ3) is 6.20.